The Labute approximate surface area is 109 Å². The van der Waals surface area contributed by atoms with Crippen LogP contribution in [-0.4, -0.2) is 54.3 Å². The first-order valence-corrected chi connectivity index (χ1v) is 6.98. The fourth-order valence-corrected chi connectivity index (χ4v) is 2.59. The number of rotatable bonds is 4. The van der Waals surface area contributed by atoms with E-state index in [-0.39, 0.29) is 0 Å². The number of ether oxygens (including phenoxy) is 2. The Kier molecular flexibility index (Phi) is 3.68. The molecule has 0 unspecified atom stereocenters. The van der Waals surface area contributed by atoms with Crippen molar-refractivity contribution in [3.63, 3.8) is 0 Å². The van der Waals surface area contributed by atoms with Gasteiger partial charge in [0.15, 0.2) is 0 Å². The highest BCUT2D eigenvalue weighted by molar-refractivity contribution is 7.09. The summed E-state index contributed by atoms with van der Waals surface area (Å²) in [6.45, 7) is 5.16. The van der Waals surface area contributed by atoms with Gasteiger partial charge in [-0.15, -0.1) is 11.3 Å². The van der Waals surface area contributed by atoms with Crippen LogP contribution in [0.5, 0.6) is 5.88 Å². The summed E-state index contributed by atoms with van der Waals surface area (Å²) in [4.78, 5) is 11.0. The lowest BCUT2D eigenvalue weighted by molar-refractivity contribution is 0.0320. The number of thiophene rings is 1. The molecule has 0 radical (unpaired) electrons. The number of morpholine rings is 1. The quantitative estimate of drug-likeness (QED) is 0.836. The van der Waals surface area contributed by atoms with Crippen LogP contribution in [0.15, 0.2) is 17.0 Å². The van der Waals surface area contributed by atoms with Gasteiger partial charge < -0.3 is 9.47 Å². The molecule has 1 aliphatic rings. The van der Waals surface area contributed by atoms with Gasteiger partial charge in [-0.25, -0.2) is 9.97 Å². The molecule has 1 saturated heterocycles. The molecule has 0 saturated carbocycles. The van der Waals surface area contributed by atoms with Gasteiger partial charge in [0.1, 0.15) is 12.1 Å². The van der Waals surface area contributed by atoms with E-state index in [4.69, 9.17) is 9.47 Å². The average molecular weight is 265 g/mol. The minimum absolute atomic E-state index is 0.606. The first-order valence-electron chi connectivity index (χ1n) is 6.04. The number of hydrogen-bond acceptors (Lipinski definition) is 6. The summed E-state index contributed by atoms with van der Waals surface area (Å²) < 4.78 is 10.9. The molecular formula is C12H15N3O2S. The molecule has 2 aromatic heterocycles. The van der Waals surface area contributed by atoms with Gasteiger partial charge in [0, 0.05) is 30.4 Å². The maximum atomic E-state index is 5.63. The summed E-state index contributed by atoms with van der Waals surface area (Å²) in [7, 11) is 0. The molecule has 1 fully saturated rings. The predicted octanol–water partition coefficient (Wildman–Crippen LogP) is 1.40. The Morgan fingerprint density at radius 2 is 2.11 bits per heavy atom. The molecule has 96 valence electrons. The van der Waals surface area contributed by atoms with E-state index < -0.39 is 0 Å². The number of fused-ring (bicyclic) bond motifs is 1. The average Bonchev–Trinajstić information content (AvgIpc) is 2.87. The molecule has 5 nitrogen and oxygen atoms in total. The van der Waals surface area contributed by atoms with Crippen LogP contribution in [0.3, 0.4) is 0 Å². The molecule has 3 rings (SSSR count). The highest BCUT2D eigenvalue weighted by Crippen LogP contribution is 2.17. The summed E-state index contributed by atoms with van der Waals surface area (Å²) >= 11 is 1.61. The third kappa shape index (κ3) is 2.77. The van der Waals surface area contributed by atoms with Crippen LogP contribution in [0.25, 0.3) is 11.0 Å². The van der Waals surface area contributed by atoms with Crippen LogP contribution in [-0.2, 0) is 4.74 Å². The monoisotopic (exact) mass is 265 g/mol. The zero-order chi connectivity index (χ0) is 12.2. The molecule has 0 spiro atoms. The van der Waals surface area contributed by atoms with Crippen LogP contribution >= 0.6 is 11.3 Å². The molecule has 6 heteroatoms. The molecule has 2 aromatic rings. The van der Waals surface area contributed by atoms with Crippen LogP contribution in [0.4, 0.5) is 0 Å². The highest BCUT2D eigenvalue weighted by atomic mass is 32.1. The smallest absolute Gasteiger partial charge is 0.232 e. The van der Waals surface area contributed by atoms with E-state index in [0.29, 0.717) is 12.5 Å². The maximum Gasteiger partial charge on any atom is 0.232 e. The summed E-state index contributed by atoms with van der Waals surface area (Å²) in [5.74, 6) is 0.606. The summed E-state index contributed by atoms with van der Waals surface area (Å²) in [5.41, 5.74) is 1.84. The molecular weight excluding hydrogens is 250 g/mol. The maximum absolute atomic E-state index is 5.63. The Bertz CT molecular complexity index is 511. The standard InChI is InChI=1S/C12H15N3O2S/c1-4-16-5-2-15(1)3-6-17-12-7-13-10-8-18-9-11(10)14-12/h7-9H,1-6H2. The third-order valence-electron chi connectivity index (χ3n) is 2.93. The van der Waals surface area contributed by atoms with E-state index >= 15 is 0 Å². The van der Waals surface area contributed by atoms with Crippen LogP contribution < -0.4 is 4.74 Å². The summed E-state index contributed by atoms with van der Waals surface area (Å²) in [5, 5.41) is 3.97. The number of aromatic nitrogens is 2. The molecule has 0 N–H and O–H groups in total. The Morgan fingerprint density at radius 3 is 3.00 bits per heavy atom. The lowest BCUT2D eigenvalue weighted by Crippen LogP contribution is -2.38. The van der Waals surface area contributed by atoms with Crippen molar-refractivity contribution in [1.29, 1.82) is 0 Å². The van der Waals surface area contributed by atoms with Crippen molar-refractivity contribution in [2.24, 2.45) is 0 Å². The van der Waals surface area contributed by atoms with Crippen molar-refractivity contribution in [3.05, 3.63) is 17.0 Å². The lowest BCUT2D eigenvalue weighted by atomic mass is 10.4. The molecule has 3 heterocycles. The van der Waals surface area contributed by atoms with Gasteiger partial charge in [0.25, 0.3) is 0 Å². The highest BCUT2D eigenvalue weighted by Gasteiger charge is 2.10. The minimum Gasteiger partial charge on any atom is -0.475 e. The second kappa shape index (κ2) is 5.60. The first kappa shape index (κ1) is 11.8. The van der Waals surface area contributed by atoms with E-state index in [1.165, 1.54) is 0 Å². The lowest BCUT2D eigenvalue weighted by Gasteiger charge is -2.26. The molecule has 1 aliphatic heterocycles. The largest absolute Gasteiger partial charge is 0.475 e. The van der Waals surface area contributed by atoms with E-state index in [1.54, 1.807) is 17.5 Å². The van der Waals surface area contributed by atoms with E-state index in [1.807, 2.05) is 10.8 Å². The second-order valence-corrected chi connectivity index (χ2v) is 4.90. The Hall–Kier alpha value is -1.24. The van der Waals surface area contributed by atoms with Crippen LogP contribution in [0.1, 0.15) is 0 Å². The third-order valence-corrected chi connectivity index (χ3v) is 3.65. The normalized spacial score (nSPS) is 17.1. The topological polar surface area (TPSA) is 47.5 Å². The van der Waals surface area contributed by atoms with Crippen molar-refractivity contribution in [3.8, 4) is 5.88 Å². The first-order chi connectivity index (χ1) is 8.92. The fraction of sp³-hybridized carbons (Fsp3) is 0.500. The molecule has 0 aromatic carbocycles. The number of nitrogens with zero attached hydrogens (tertiary/aromatic N) is 3. The van der Waals surface area contributed by atoms with Crippen molar-refractivity contribution in [2.45, 2.75) is 0 Å². The van der Waals surface area contributed by atoms with Gasteiger partial charge in [0.2, 0.25) is 5.88 Å². The Morgan fingerprint density at radius 1 is 1.28 bits per heavy atom. The fourth-order valence-electron chi connectivity index (χ4n) is 1.91. The summed E-state index contributed by atoms with van der Waals surface area (Å²) in [6, 6.07) is 0. The summed E-state index contributed by atoms with van der Waals surface area (Å²) in [6.07, 6.45) is 1.69. The van der Waals surface area contributed by atoms with E-state index in [0.717, 1.165) is 43.9 Å². The van der Waals surface area contributed by atoms with Crippen LogP contribution in [0.2, 0.25) is 0 Å². The Balaban J connectivity index is 1.52. The van der Waals surface area contributed by atoms with E-state index in [2.05, 4.69) is 14.9 Å². The molecule has 0 bridgehead atoms. The van der Waals surface area contributed by atoms with Gasteiger partial charge in [0.05, 0.1) is 24.9 Å². The SMILES string of the molecule is c1nc2cscc2nc1OCCN1CCOCC1. The van der Waals surface area contributed by atoms with E-state index in [9.17, 15) is 0 Å². The van der Waals surface area contributed by atoms with Gasteiger partial charge in [-0.3, -0.25) is 4.90 Å². The van der Waals surface area contributed by atoms with Crippen LogP contribution in [0, 0.1) is 0 Å². The number of hydrogen-bond donors (Lipinski definition) is 0. The van der Waals surface area contributed by atoms with Crippen molar-refractivity contribution >= 4 is 22.4 Å². The van der Waals surface area contributed by atoms with Crippen molar-refractivity contribution < 1.29 is 9.47 Å². The molecule has 0 amide bonds. The minimum atomic E-state index is 0.606. The zero-order valence-electron chi connectivity index (χ0n) is 10.0. The zero-order valence-corrected chi connectivity index (χ0v) is 10.9. The van der Waals surface area contributed by atoms with Crippen molar-refractivity contribution in [2.75, 3.05) is 39.5 Å². The second-order valence-electron chi connectivity index (χ2n) is 4.15. The van der Waals surface area contributed by atoms with Gasteiger partial charge in [-0.1, -0.05) is 0 Å². The van der Waals surface area contributed by atoms with Gasteiger partial charge in [-0.2, -0.15) is 0 Å². The molecule has 18 heavy (non-hydrogen) atoms. The molecule has 0 aliphatic carbocycles. The van der Waals surface area contributed by atoms with Gasteiger partial charge in [-0.05, 0) is 0 Å². The van der Waals surface area contributed by atoms with Gasteiger partial charge >= 0.3 is 0 Å². The predicted molar refractivity (Wildman–Crippen MR) is 70.2 cm³/mol. The molecule has 0 atom stereocenters. The van der Waals surface area contributed by atoms with Crippen molar-refractivity contribution in [1.82, 2.24) is 14.9 Å².